The molecule has 2 aromatic carbocycles. The Morgan fingerprint density at radius 1 is 1.14 bits per heavy atom. The van der Waals surface area contributed by atoms with Gasteiger partial charge in [-0.2, -0.15) is 0 Å². The molecule has 0 heterocycles. The van der Waals surface area contributed by atoms with Gasteiger partial charge in [0, 0.05) is 0 Å². The second-order valence-electron chi connectivity index (χ2n) is 5.38. The van der Waals surface area contributed by atoms with Crippen molar-refractivity contribution in [2.45, 2.75) is 31.7 Å². The van der Waals surface area contributed by atoms with Gasteiger partial charge >= 0.3 is 0 Å². The molecule has 21 heavy (non-hydrogen) atoms. The molecular weight excluding hydrogens is 264 g/mol. The molecule has 0 saturated heterocycles. The molecule has 3 nitrogen and oxygen atoms in total. The molecule has 1 aliphatic rings. The Bertz CT molecular complexity index is 595. The molecule has 2 aromatic rings. The zero-order chi connectivity index (χ0) is 14.7. The standard InChI is InChI=1S/C18H20O3/c1-20-15-8-9-16-14(11-15)7-10-17(18(16)19)21-12-13-5-3-2-4-6-13/h2-6,8-9,11,17-19H,7,10,12H2,1H3. The Morgan fingerprint density at radius 3 is 2.71 bits per heavy atom. The molecule has 2 atom stereocenters. The van der Waals surface area contributed by atoms with Gasteiger partial charge in [0.15, 0.2) is 0 Å². The summed E-state index contributed by atoms with van der Waals surface area (Å²) in [4.78, 5) is 0. The molecule has 2 unspecified atom stereocenters. The van der Waals surface area contributed by atoms with Crippen molar-refractivity contribution < 1.29 is 14.6 Å². The summed E-state index contributed by atoms with van der Waals surface area (Å²) < 4.78 is 11.1. The van der Waals surface area contributed by atoms with Crippen LogP contribution in [0.1, 0.15) is 29.2 Å². The lowest BCUT2D eigenvalue weighted by molar-refractivity contribution is -0.0564. The lowest BCUT2D eigenvalue weighted by Gasteiger charge is -2.30. The maximum Gasteiger partial charge on any atom is 0.119 e. The summed E-state index contributed by atoms with van der Waals surface area (Å²) >= 11 is 0. The normalized spacial score (nSPS) is 20.9. The van der Waals surface area contributed by atoms with Crippen LogP contribution in [0, 0.1) is 0 Å². The number of aliphatic hydroxyl groups is 1. The topological polar surface area (TPSA) is 38.7 Å². The molecule has 0 amide bonds. The summed E-state index contributed by atoms with van der Waals surface area (Å²) in [5, 5.41) is 10.5. The molecule has 3 heteroatoms. The van der Waals surface area contributed by atoms with Crippen LogP contribution in [0.5, 0.6) is 5.75 Å². The third-order valence-electron chi connectivity index (χ3n) is 4.03. The molecule has 0 radical (unpaired) electrons. The fraction of sp³-hybridized carbons (Fsp3) is 0.333. The highest BCUT2D eigenvalue weighted by molar-refractivity contribution is 5.39. The first-order valence-corrected chi connectivity index (χ1v) is 7.28. The van der Waals surface area contributed by atoms with Crippen molar-refractivity contribution in [2.24, 2.45) is 0 Å². The van der Waals surface area contributed by atoms with Crippen molar-refractivity contribution in [3.05, 3.63) is 65.2 Å². The Kier molecular flexibility index (Phi) is 4.23. The van der Waals surface area contributed by atoms with Crippen molar-refractivity contribution in [3.8, 4) is 5.75 Å². The fourth-order valence-electron chi connectivity index (χ4n) is 2.82. The number of methoxy groups -OCH3 is 1. The van der Waals surface area contributed by atoms with Gasteiger partial charge in [-0.1, -0.05) is 36.4 Å². The van der Waals surface area contributed by atoms with E-state index < -0.39 is 6.10 Å². The van der Waals surface area contributed by atoms with E-state index in [2.05, 4.69) is 0 Å². The molecule has 0 saturated carbocycles. The first-order chi connectivity index (χ1) is 10.3. The molecule has 0 bridgehead atoms. The van der Waals surface area contributed by atoms with Gasteiger partial charge in [-0.05, 0) is 41.7 Å². The van der Waals surface area contributed by atoms with Crippen LogP contribution in [0.25, 0.3) is 0 Å². The van der Waals surface area contributed by atoms with E-state index in [4.69, 9.17) is 9.47 Å². The number of benzene rings is 2. The largest absolute Gasteiger partial charge is 0.497 e. The maximum atomic E-state index is 10.5. The van der Waals surface area contributed by atoms with Crippen LogP contribution in [-0.2, 0) is 17.8 Å². The van der Waals surface area contributed by atoms with Gasteiger partial charge in [-0.15, -0.1) is 0 Å². The van der Waals surface area contributed by atoms with Crippen LogP contribution in [0.4, 0.5) is 0 Å². The van der Waals surface area contributed by atoms with Gasteiger partial charge in [0.05, 0.1) is 19.8 Å². The van der Waals surface area contributed by atoms with Crippen molar-refractivity contribution in [2.75, 3.05) is 7.11 Å². The highest BCUT2D eigenvalue weighted by Crippen LogP contribution is 2.34. The highest BCUT2D eigenvalue weighted by Gasteiger charge is 2.28. The van der Waals surface area contributed by atoms with Crippen LogP contribution in [0.3, 0.4) is 0 Å². The van der Waals surface area contributed by atoms with E-state index in [1.165, 1.54) is 0 Å². The molecular formula is C18H20O3. The van der Waals surface area contributed by atoms with E-state index in [0.29, 0.717) is 6.61 Å². The van der Waals surface area contributed by atoms with Gasteiger partial charge in [0.2, 0.25) is 0 Å². The summed E-state index contributed by atoms with van der Waals surface area (Å²) in [5.74, 6) is 0.838. The zero-order valence-corrected chi connectivity index (χ0v) is 12.2. The van der Waals surface area contributed by atoms with E-state index in [9.17, 15) is 5.11 Å². The fourth-order valence-corrected chi connectivity index (χ4v) is 2.82. The molecule has 0 spiro atoms. The number of fused-ring (bicyclic) bond motifs is 1. The molecule has 1 aliphatic carbocycles. The van der Waals surface area contributed by atoms with Gasteiger partial charge in [-0.25, -0.2) is 0 Å². The van der Waals surface area contributed by atoms with Crippen molar-refractivity contribution >= 4 is 0 Å². The van der Waals surface area contributed by atoms with E-state index >= 15 is 0 Å². The number of hydrogen-bond acceptors (Lipinski definition) is 3. The molecule has 0 aromatic heterocycles. The third kappa shape index (κ3) is 3.09. The van der Waals surface area contributed by atoms with E-state index in [1.807, 2.05) is 48.5 Å². The summed E-state index contributed by atoms with van der Waals surface area (Å²) in [7, 11) is 1.66. The second-order valence-corrected chi connectivity index (χ2v) is 5.38. The van der Waals surface area contributed by atoms with Crippen LogP contribution in [-0.4, -0.2) is 18.3 Å². The Labute approximate surface area is 125 Å². The third-order valence-corrected chi connectivity index (χ3v) is 4.03. The number of ether oxygens (including phenoxy) is 2. The minimum absolute atomic E-state index is 0.147. The van der Waals surface area contributed by atoms with Crippen LogP contribution in [0.2, 0.25) is 0 Å². The minimum Gasteiger partial charge on any atom is -0.497 e. The molecule has 3 rings (SSSR count). The Morgan fingerprint density at radius 2 is 1.95 bits per heavy atom. The smallest absolute Gasteiger partial charge is 0.119 e. The highest BCUT2D eigenvalue weighted by atomic mass is 16.5. The zero-order valence-electron chi connectivity index (χ0n) is 12.2. The second kappa shape index (κ2) is 6.29. The summed E-state index contributed by atoms with van der Waals surface area (Å²) in [5.41, 5.74) is 3.24. The van der Waals surface area contributed by atoms with Crippen LogP contribution >= 0.6 is 0 Å². The lowest BCUT2D eigenvalue weighted by atomic mass is 9.87. The first kappa shape index (κ1) is 14.1. The molecule has 1 N–H and O–H groups in total. The van der Waals surface area contributed by atoms with Crippen molar-refractivity contribution in [1.29, 1.82) is 0 Å². The molecule has 0 fully saturated rings. The quantitative estimate of drug-likeness (QED) is 0.936. The van der Waals surface area contributed by atoms with Gasteiger partial charge in [0.25, 0.3) is 0 Å². The molecule has 0 aliphatic heterocycles. The Balaban J connectivity index is 1.69. The maximum absolute atomic E-state index is 10.5. The van der Waals surface area contributed by atoms with E-state index in [1.54, 1.807) is 7.11 Å². The summed E-state index contributed by atoms with van der Waals surface area (Å²) in [6.45, 7) is 0.536. The SMILES string of the molecule is COc1ccc2c(c1)CCC(OCc1ccccc1)C2O. The first-order valence-electron chi connectivity index (χ1n) is 7.28. The Hall–Kier alpha value is -1.84. The van der Waals surface area contributed by atoms with E-state index in [-0.39, 0.29) is 6.10 Å². The van der Waals surface area contributed by atoms with Gasteiger partial charge in [0.1, 0.15) is 11.9 Å². The van der Waals surface area contributed by atoms with Gasteiger partial charge in [-0.3, -0.25) is 0 Å². The minimum atomic E-state index is -0.566. The summed E-state index contributed by atoms with van der Waals surface area (Å²) in [6, 6.07) is 15.9. The van der Waals surface area contributed by atoms with Crippen molar-refractivity contribution in [3.63, 3.8) is 0 Å². The van der Waals surface area contributed by atoms with Crippen molar-refractivity contribution in [1.82, 2.24) is 0 Å². The van der Waals surface area contributed by atoms with Crippen LogP contribution in [0.15, 0.2) is 48.5 Å². The average Bonchev–Trinajstić information content (AvgIpc) is 2.55. The van der Waals surface area contributed by atoms with Crippen LogP contribution < -0.4 is 4.74 Å². The number of rotatable bonds is 4. The number of aliphatic hydroxyl groups excluding tert-OH is 1. The average molecular weight is 284 g/mol. The van der Waals surface area contributed by atoms with Gasteiger partial charge < -0.3 is 14.6 Å². The number of hydrogen-bond donors (Lipinski definition) is 1. The molecule has 110 valence electrons. The summed E-state index contributed by atoms with van der Waals surface area (Å²) in [6.07, 6.45) is 1.02. The number of aryl methyl sites for hydroxylation is 1. The van der Waals surface area contributed by atoms with E-state index in [0.717, 1.165) is 35.3 Å². The predicted molar refractivity (Wildman–Crippen MR) is 81.3 cm³/mol. The predicted octanol–water partition coefficient (Wildman–Crippen LogP) is 3.26. The lowest BCUT2D eigenvalue weighted by Crippen LogP contribution is -2.28. The monoisotopic (exact) mass is 284 g/mol.